The molecule has 2 N–H and O–H groups in total. The molecule has 2 aromatic heterocycles. The summed E-state index contributed by atoms with van der Waals surface area (Å²) in [7, 11) is 3.88. The largest absolute Gasteiger partial charge is 0.387 e. The molecule has 0 radical (unpaired) electrons. The number of fused-ring (bicyclic) bond motifs is 1. The van der Waals surface area contributed by atoms with Crippen molar-refractivity contribution in [1.29, 1.82) is 0 Å². The summed E-state index contributed by atoms with van der Waals surface area (Å²) in [5, 5.41) is 17.8. The van der Waals surface area contributed by atoms with E-state index < -0.39 is 5.60 Å². The fourth-order valence-corrected chi connectivity index (χ4v) is 2.19. The average molecular weight is 263 g/mol. The van der Waals surface area contributed by atoms with Gasteiger partial charge in [-0.2, -0.15) is 5.10 Å². The van der Waals surface area contributed by atoms with Crippen LogP contribution in [-0.4, -0.2) is 57.4 Å². The van der Waals surface area contributed by atoms with E-state index in [1.165, 1.54) is 0 Å². The van der Waals surface area contributed by atoms with Crippen LogP contribution in [0.25, 0.3) is 5.52 Å². The van der Waals surface area contributed by atoms with Crippen molar-refractivity contribution in [3.8, 4) is 0 Å². The van der Waals surface area contributed by atoms with Gasteiger partial charge >= 0.3 is 0 Å². The molecule has 0 saturated heterocycles. The van der Waals surface area contributed by atoms with Crippen molar-refractivity contribution in [3.63, 3.8) is 0 Å². The quantitative estimate of drug-likeness (QED) is 0.834. The molecule has 6 heteroatoms. The molecule has 0 aliphatic carbocycles. The van der Waals surface area contributed by atoms with Crippen LogP contribution in [0.4, 0.5) is 5.82 Å². The van der Waals surface area contributed by atoms with Crippen molar-refractivity contribution >= 4 is 11.3 Å². The fraction of sp³-hybridized carbons (Fsp3) is 0.538. The number of hydrogen-bond acceptors (Lipinski definition) is 5. The molecule has 0 spiro atoms. The number of nitrogens with one attached hydrogen (secondary N) is 1. The van der Waals surface area contributed by atoms with Crippen molar-refractivity contribution in [2.24, 2.45) is 0 Å². The van der Waals surface area contributed by atoms with Gasteiger partial charge in [-0.15, -0.1) is 0 Å². The van der Waals surface area contributed by atoms with Crippen LogP contribution in [0.5, 0.6) is 0 Å². The zero-order valence-electron chi connectivity index (χ0n) is 11.9. The van der Waals surface area contributed by atoms with E-state index in [2.05, 4.69) is 15.4 Å². The monoisotopic (exact) mass is 263 g/mol. The number of aryl methyl sites for hydroxylation is 1. The first kappa shape index (κ1) is 13.8. The minimum absolute atomic E-state index is 0.433. The van der Waals surface area contributed by atoms with E-state index in [1.54, 1.807) is 10.7 Å². The second-order valence-electron chi connectivity index (χ2n) is 5.48. The normalized spacial score (nSPS) is 14.8. The van der Waals surface area contributed by atoms with E-state index in [9.17, 15) is 5.11 Å². The number of nitrogens with zero attached hydrogens (tertiary/aromatic N) is 4. The Morgan fingerprint density at radius 2 is 2.21 bits per heavy atom. The predicted octanol–water partition coefficient (Wildman–Crippen LogP) is 0.762. The van der Waals surface area contributed by atoms with Gasteiger partial charge in [-0.3, -0.25) is 0 Å². The molecule has 0 aromatic carbocycles. The van der Waals surface area contributed by atoms with E-state index in [4.69, 9.17) is 0 Å². The Bertz CT molecular complexity index is 561. The second-order valence-corrected chi connectivity index (χ2v) is 5.48. The van der Waals surface area contributed by atoms with Crippen molar-refractivity contribution in [2.75, 3.05) is 32.5 Å². The molecule has 0 saturated carbocycles. The van der Waals surface area contributed by atoms with Gasteiger partial charge in [-0.05, 0) is 34.0 Å². The molecular formula is C13H21N5O. The summed E-state index contributed by atoms with van der Waals surface area (Å²) in [5.74, 6) is 0.738. The van der Waals surface area contributed by atoms with Gasteiger partial charge in [0.25, 0.3) is 0 Å². The fourth-order valence-electron chi connectivity index (χ4n) is 2.19. The van der Waals surface area contributed by atoms with Crippen LogP contribution in [-0.2, 0) is 0 Å². The van der Waals surface area contributed by atoms with E-state index in [0.29, 0.717) is 13.1 Å². The third kappa shape index (κ3) is 3.42. The lowest BCUT2D eigenvalue weighted by Crippen LogP contribution is -2.43. The van der Waals surface area contributed by atoms with Crippen LogP contribution in [0, 0.1) is 6.92 Å². The van der Waals surface area contributed by atoms with Gasteiger partial charge in [-0.1, -0.05) is 0 Å². The topological polar surface area (TPSA) is 65.7 Å². The molecule has 0 fully saturated rings. The Morgan fingerprint density at radius 3 is 2.89 bits per heavy atom. The number of rotatable bonds is 5. The van der Waals surface area contributed by atoms with Crippen LogP contribution >= 0.6 is 0 Å². The molecule has 19 heavy (non-hydrogen) atoms. The first-order chi connectivity index (χ1) is 8.87. The first-order valence-electron chi connectivity index (χ1n) is 6.29. The van der Waals surface area contributed by atoms with Gasteiger partial charge in [0.1, 0.15) is 5.52 Å². The highest BCUT2D eigenvalue weighted by atomic mass is 16.3. The lowest BCUT2D eigenvalue weighted by Gasteiger charge is -2.27. The maximum Gasteiger partial charge on any atom is 0.152 e. The number of likely N-dealkylation sites (N-methyl/N-ethyl adjacent to an activating group) is 1. The van der Waals surface area contributed by atoms with E-state index in [1.807, 2.05) is 45.1 Å². The van der Waals surface area contributed by atoms with Gasteiger partial charge < -0.3 is 15.3 Å². The molecule has 2 heterocycles. The molecule has 0 aliphatic heterocycles. The van der Waals surface area contributed by atoms with Crippen LogP contribution in [0.3, 0.4) is 0 Å². The van der Waals surface area contributed by atoms with Crippen molar-refractivity contribution < 1.29 is 5.11 Å². The molecule has 0 amide bonds. The van der Waals surface area contributed by atoms with Gasteiger partial charge in [-0.25, -0.2) is 9.50 Å². The lowest BCUT2D eigenvalue weighted by molar-refractivity contribution is 0.0459. The summed E-state index contributed by atoms with van der Waals surface area (Å²) in [5.41, 5.74) is 1.05. The highest BCUT2D eigenvalue weighted by Crippen LogP contribution is 2.16. The first-order valence-corrected chi connectivity index (χ1v) is 6.29. The minimum atomic E-state index is -0.812. The van der Waals surface area contributed by atoms with Crippen molar-refractivity contribution in [2.45, 2.75) is 19.4 Å². The number of hydrogen-bond donors (Lipinski definition) is 2. The molecule has 1 unspecified atom stereocenters. The Morgan fingerprint density at radius 1 is 1.47 bits per heavy atom. The molecule has 2 rings (SSSR count). The molecule has 1 atom stereocenters. The average Bonchev–Trinajstić information content (AvgIpc) is 2.65. The summed E-state index contributed by atoms with van der Waals surface area (Å²) in [6.45, 7) is 4.77. The molecular weight excluding hydrogens is 242 g/mol. The molecule has 0 bridgehead atoms. The highest BCUT2D eigenvalue weighted by Gasteiger charge is 2.21. The van der Waals surface area contributed by atoms with E-state index in [-0.39, 0.29) is 0 Å². The summed E-state index contributed by atoms with van der Waals surface area (Å²) in [6.07, 6.45) is 3.51. The number of aromatic nitrogens is 3. The van der Waals surface area contributed by atoms with Crippen LogP contribution in [0.1, 0.15) is 12.6 Å². The SMILES string of the molecule is Cc1cc2c(NCC(C)(O)CN(C)C)nccn2n1. The highest BCUT2D eigenvalue weighted by molar-refractivity contribution is 5.67. The zero-order chi connectivity index (χ0) is 14.0. The van der Waals surface area contributed by atoms with Gasteiger partial charge in [0.15, 0.2) is 5.82 Å². The second kappa shape index (κ2) is 5.14. The predicted molar refractivity (Wildman–Crippen MR) is 75.4 cm³/mol. The van der Waals surface area contributed by atoms with Crippen LogP contribution in [0.15, 0.2) is 18.5 Å². The van der Waals surface area contributed by atoms with Crippen LogP contribution < -0.4 is 5.32 Å². The lowest BCUT2D eigenvalue weighted by atomic mass is 10.1. The Labute approximate surface area is 113 Å². The third-order valence-corrected chi connectivity index (χ3v) is 2.81. The number of aliphatic hydroxyl groups is 1. The minimum Gasteiger partial charge on any atom is -0.387 e. The maximum atomic E-state index is 10.3. The Hall–Kier alpha value is -1.66. The Kier molecular flexibility index (Phi) is 3.73. The molecule has 0 aliphatic rings. The standard InChI is InChI=1S/C13H21N5O/c1-10-7-11-12(14-5-6-18(11)16-10)15-8-13(2,19)9-17(3)4/h5-7,19H,8-9H2,1-4H3,(H,14,15). The van der Waals surface area contributed by atoms with Gasteiger partial charge in [0.05, 0.1) is 11.3 Å². The number of anilines is 1. The smallest absolute Gasteiger partial charge is 0.152 e. The molecule has 2 aromatic rings. The van der Waals surface area contributed by atoms with Gasteiger partial charge in [0.2, 0.25) is 0 Å². The maximum absolute atomic E-state index is 10.3. The van der Waals surface area contributed by atoms with E-state index >= 15 is 0 Å². The van der Waals surface area contributed by atoms with Crippen molar-refractivity contribution in [3.05, 3.63) is 24.2 Å². The summed E-state index contributed by atoms with van der Waals surface area (Å²) in [4.78, 5) is 6.26. The van der Waals surface area contributed by atoms with E-state index in [0.717, 1.165) is 17.0 Å². The summed E-state index contributed by atoms with van der Waals surface area (Å²) < 4.78 is 1.78. The van der Waals surface area contributed by atoms with Crippen molar-refractivity contribution in [1.82, 2.24) is 19.5 Å². The van der Waals surface area contributed by atoms with Gasteiger partial charge in [0, 0.05) is 25.5 Å². The molecule has 6 nitrogen and oxygen atoms in total. The zero-order valence-corrected chi connectivity index (χ0v) is 11.9. The Balaban J connectivity index is 2.13. The summed E-state index contributed by atoms with van der Waals surface area (Å²) >= 11 is 0. The third-order valence-electron chi connectivity index (χ3n) is 2.81. The van der Waals surface area contributed by atoms with Crippen LogP contribution in [0.2, 0.25) is 0 Å². The summed E-state index contributed by atoms with van der Waals surface area (Å²) in [6, 6.07) is 1.97. The molecule has 104 valence electrons.